The number of piperidine rings is 1. The van der Waals surface area contributed by atoms with Crippen LogP contribution in [0.5, 0.6) is 0 Å². The quantitative estimate of drug-likeness (QED) is 0.861. The van der Waals surface area contributed by atoms with Gasteiger partial charge in [0.1, 0.15) is 0 Å². The fraction of sp³-hybridized carbons (Fsp3) is 0.650. The van der Waals surface area contributed by atoms with Crippen LogP contribution in [-0.2, 0) is 0 Å². The Morgan fingerprint density at radius 1 is 1.16 bits per heavy atom. The number of para-hydroxylation sites is 1. The summed E-state index contributed by atoms with van der Waals surface area (Å²) in [5, 5.41) is 3.34. The highest BCUT2D eigenvalue weighted by molar-refractivity contribution is 5.94. The van der Waals surface area contributed by atoms with E-state index in [-0.39, 0.29) is 18.4 Å². The van der Waals surface area contributed by atoms with Gasteiger partial charge in [0.2, 0.25) is 0 Å². The molecule has 4 rings (SSSR count). The number of hydrogen-bond donors (Lipinski definition) is 1. The van der Waals surface area contributed by atoms with E-state index in [1.807, 2.05) is 11.0 Å². The van der Waals surface area contributed by atoms with Crippen molar-refractivity contribution in [3.8, 4) is 0 Å². The molecule has 4 nitrogen and oxygen atoms in total. The van der Waals surface area contributed by atoms with E-state index >= 15 is 0 Å². The molecule has 0 spiro atoms. The van der Waals surface area contributed by atoms with Crippen molar-refractivity contribution < 1.29 is 4.79 Å². The van der Waals surface area contributed by atoms with Crippen molar-refractivity contribution in [3.05, 3.63) is 29.8 Å². The van der Waals surface area contributed by atoms with Gasteiger partial charge in [-0.15, -0.1) is 12.4 Å². The molecule has 1 aromatic rings. The van der Waals surface area contributed by atoms with Crippen molar-refractivity contribution in [2.45, 2.75) is 63.6 Å². The van der Waals surface area contributed by atoms with Gasteiger partial charge in [-0.2, -0.15) is 0 Å². The summed E-state index contributed by atoms with van der Waals surface area (Å²) in [5.74, 6) is 0.990. The van der Waals surface area contributed by atoms with Gasteiger partial charge in [0.25, 0.3) is 0 Å². The minimum atomic E-state index is 0. The van der Waals surface area contributed by atoms with Crippen LogP contribution in [-0.4, -0.2) is 42.6 Å². The molecular formula is C20H30ClN3O. The van der Waals surface area contributed by atoms with Crippen LogP contribution < -0.4 is 10.2 Å². The maximum atomic E-state index is 13.0. The van der Waals surface area contributed by atoms with E-state index in [0.717, 1.165) is 25.1 Å². The van der Waals surface area contributed by atoms with Crippen LogP contribution >= 0.6 is 12.4 Å². The molecule has 2 fully saturated rings. The molecule has 0 aromatic heterocycles. The third kappa shape index (κ3) is 3.26. The van der Waals surface area contributed by atoms with Gasteiger partial charge in [-0.1, -0.05) is 32.0 Å². The van der Waals surface area contributed by atoms with E-state index in [1.165, 1.54) is 18.4 Å². The molecule has 25 heavy (non-hydrogen) atoms. The van der Waals surface area contributed by atoms with Gasteiger partial charge in [-0.25, -0.2) is 4.79 Å². The second-order valence-corrected chi connectivity index (χ2v) is 8.19. The van der Waals surface area contributed by atoms with Crippen molar-refractivity contribution in [2.24, 2.45) is 5.92 Å². The molecule has 1 aromatic carbocycles. The Morgan fingerprint density at radius 3 is 2.44 bits per heavy atom. The maximum absolute atomic E-state index is 13.0. The van der Waals surface area contributed by atoms with Crippen LogP contribution in [0.25, 0.3) is 0 Å². The first-order valence-corrected chi connectivity index (χ1v) is 9.43. The third-order valence-corrected chi connectivity index (χ3v) is 6.48. The molecule has 0 saturated carbocycles. The van der Waals surface area contributed by atoms with Gasteiger partial charge in [0, 0.05) is 36.3 Å². The molecule has 5 heteroatoms. The molecule has 2 bridgehead atoms. The number of carbonyl (C=O) groups is 1. The predicted octanol–water partition coefficient (Wildman–Crippen LogP) is 4.00. The number of anilines is 1. The maximum Gasteiger partial charge on any atom is 0.322 e. The number of hydrogen-bond acceptors (Lipinski definition) is 2. The molecule has 3 aliphatic heterocycles. The Balaban J connectivity index is 0.00000182. The lowest BCUT2D eigenvalue weighted by molar-refractivity contribution is 0.150. The fourth-order valence-electron chi connectivity index (χ4n) is 4.98. The van der Waals surface area contributed by atoms with E-state index in [9.17, 15) is 4.79 Å². The number of halogens is 1. The van der Waals surface area contributed by atoms with Crippen molar-refractivity contribution >= 4 is 24.1 Å². The molecule has 0 aliphatic carbocycles. The van der Waals surface area contributed by atoms with Gasteiger partial charge in [0.05, 0.1) is 0 Å². The predicted molar refractivity (Wildman–Crippen MR) is 105 cm³/mol. The topological polar surface area (TPSA) is 35.6 Å². The summed E-state index contributed by atoms with van der Waals surface area (Å²) in [6, 6.07) is 10.1. The molecule has 3 unspecified atom stereocenters. The second-order valence-electron chi connectivity index (χ2n) is 8.19. The molecule has 3 heterocycles. The van der Waals surface area contributed by atoms with Crippen LogP contribution in [0.2, 0.25) is 0 Å². The summed E-state index contributed by atoms with van der Waals surface area (Å²) >= 11 is 0. The molecule has 138 valence electrons. The largest absolute Gasteiger partial charge is 0.335 e. The molecule has 2 amide bonds. The summed E-state index contributed by atoms with van der Waals surface area (Å²) in [6.07, 6.45) is 4.77. The Bertz CT molecular complexity index is 621. The van der Waals surface area contributed by atoms with E-state index in [4.69, 9.17) is 0 Å². The highest BCUT2D eigenvalue weighted by atomic mass is 35.5. The number of nitrogens with one attached hydrogen (secondary N) is 1. The second kappa shape index (κ2) is 7.16. The Hall–Kier alpha value is -1.26. The van der Waals surface area contributed by atoms with Crippen molar-refractivity contribution in [2.75, 3.05) is 18.5 Å². The average molecular weight is 364 g/mol. The number of benzene rings is 1. The van der Waals surface area contributed by atoms with E-state index in [0.29, 0.717) is 30.0 Å². The van der Waals surface area contributed by atoms with Gasteiger partial charge in [-0.05, 0) is 50.3 Å². The van der Waals surface area contributed by atoms with Gasteiger partial charge in [0.15, 0.2) is 0 Å². The van der Waals surface area contributed by atoms with Crippen molar-refractivity contribution in [3.63, 3.8) is 0 Å². The fourth-order valence-corrected chi connectivity index (χ4v) is 4.98. The minimum Gasteiger partial charge on any atom is -0.335 e. The van der Waals surface area contributed by atoms with Crippen LogP contribution in [0.3, 0.4) is 0 Å². The Labute approximate surface area is 157 Å². The minimum absolute atomic E-state index is 0. The number of rotatable bonds is 2. The zero-order valence-corrected chi connectivity index (χ0v) is 16.3. The lowest BCUT2D eigenvalue weighted by Crippen LogP contribution is -2.51. The Morgan fingerprint density at radius 2 is 1.80 bits per heavy atom. The van der Waals surface area contributed by atoms with Gasteiger partial charge < -0.3 is 10.2 Å². The zero-order chi connectivity index (χ0) is 16.8. The Kier molecular flexibility index (Phi) is 5.31. The number of carbonyl (C=O) groups excluding carboxylic acids is 1. The van der Waals surface area contributed by atoms with E-state index < -0.39 is 0 Å². The molecule has 3 atom stereocenters. The number of urea groups is 1. The smallest absolute Gasteiger partial charge is 0.322 e. The summed E-state index contributed by atoms with van der Waals surface area (Å²) in [4.78, 5) is 17.4. The lowest BCUT2D eigenvalue weighted by atomic mass is 9.90. The molecule has 3 aliphatic rings. The highest BCUT2D eigenvalue weighted by Gasteiger charge is 2.40. The summed E-state index contributed by atoms with van der Waals surface area (Å²) in [7, 11) is 2.24. The zero-order valence-electron chi connectivity index (χ0n) is 15.4. The van der Waals surface area contributed by atoms with Crippen molar-refractivity contribution in [1.82, 2.24) is 10.2 Å². The molecular weight excluding hydrogens is 334 g/mol. The molecule has 0 radical (unpaired) electrons. The number of amides is 2. The number of fused-ring (bicyclic) bond motifs is 3. The standard InChI is InChI=1S/C20H29N3O.ClH/c1-13(2)18-12-23(19-7-5-4-6-17(18)19)20(24)21-14-10-15-8-9-16(11-14)22(15)3;/h4-7,13-16,18H,8-12H2,1-3H3,(H,21,24);1H. The monoisotopic (exact) mass is 363 g/mol. The summed E-state index contributed by atoms with van der Waals surface area (Å²) in [5.41, 5.74) is 2.43. The molecule has 1 N–H and O–H groups in total. The van der Waals surface area contributed by atoms with Gasteiger partial charge in [-0.3, -0.25) is 4.90 Å². The first-order chi connectivity index (χ1) is 11.5. The lowest BCUT2D eigenvalue weighted by Gasteiger charge is -2.37. The van der Waals surface area contributed by atoms with Crippen LogP contribution in [0, 0.1) is 5.92 Å². The molecule has 2 saturated heterocycles. The van der Waals surface area contributed by atoms with Crippen molar-refractivity contribution in [1.29, 1.82) is 0 Å². The average Bonchev–Trinajstić information content (AvgIpc) is 3.02. The summed E-state index contributed by atoms with van der Waals surface area (Å²) < 4.78 is 0. The van der Waals surface area contributed by atoms with Crippen LogP contribution in [0.15, 0.2) is 24.3 Å². The summed E-state index contributed by atoms with van der Waals surface area (Å²) in [6.45, 7) is 5.30. The van der Waals surface area contributed by atoms with Crippen LogP contribution in [0.1, 0.15) is 51.0 Å². The SMILES string of the molecule is CC(C)C1CN(C(=O)NC2CC3CCC(C2)N3C)c2ccccc21.Cl. The number of nitrogens with zero attached hydrogens (tertiary/aromatic N) is 2. The van der Waals surface area contributed by atoms with E-state index in [1.54, 1.807) is 0 Å². The van der Waals surface area contributed by atoms with Gasteiger partial charge >= 0.3 is 6.03 Å². The highest BCUT2D eigenvalue weighted by Crippen LogP contribution is 2.40. The first kappa shape index (κ1) is 18.5. The third-order valence-electron chi connectivity index (χ3n) is 6.48. The van der Waals surface area contributed by atoms with Crippen LogP contribution in [0.4, 0.5) is 10.5 Å². The first-order valence-electron chi connectivity index (χ1n) is 9.43. The van der Waals surface area contributed by atoms with E-state index in [2.05, 4.69) is 49.3 Å². The normalized spacial score (nSPS) is 31.0.